The molecule has 0 bridgehead atoms. The number of amides is 1. The van der Waals surface area contributed by atoms with Crippen LogP contribution in [0.4, 0.5) is 4.39 Å². The number of benzene rings is 5. The van der Waals surface area contributed by atoms with Crippen LogP contribution in [-0.4, -0.2) is 15.5 Å². The van der Waals surface area contributed by atoms with Gasteiger partial charge in [0.25, 0.3) is 5.91 Å². The number of imidazole rings is 1. The quantitative estimate of drug-likeness (QED) is 0.159. The number of carbonyl (C=O) groups excluding carboxylic acids is 1. The number of carbonyl (C=O) groups is 1. The zero-order valence-corrected chi connectivity index (χ0v) is 25.7. The summed E-state index contributed by atoms with van der Waals surface area (Å²) in [5, 5.41) is 12.3. The molecule has 0 aliphatic heterocycles. The fourth-order valence-electron chi connectivity index (χ4n) is 5.48. The van der Waals surface area contributed by atoms with Gasteiger partial charge in [0.2, 0.25) is 0 Å². The van der Waals surface area contributed by atoms with Gasteiger partial charge in [0, 0.05) is 23.3 Å². The van der Waals surface area contributed by atoms with E-state index in [2.05, 4.69) is 10.3 Å². The molecule has 0 spiro atoms. The SMILES string of the molecule is N#Cc1cc(Cl)cc(Oc2c(Cl)ccc(CNC(=O)c3cn(C(c4ccccc4)(c4ccccc4)c4ccccc4)cn3)c2F)c1. The molecule has 0 atom stereocenters. The molecule has 226 valence electrons. The first-order valence-electron chi connectivity index (χ1n) is 14.2. The van der Waals surface area contributed by atoms with E-state index < -0.39 is 17.3 Å². The van der Waals surface area contributed by atoms with Crippen molar-refractivity contribution in [3.8, 4) is 17.6 Å². The number of nitrogens with zero attached hydrogens (tertiary/aromatic N) is 3. The Hall–Kier alpha value is -5.42. The predicted octanol–water partition coefficient (Wildman–Crippen LogP) is 8.76. The highest BCUT2D eigenvalue weighted by Crippen LogP contribution is 2.41. The van der Waals surface area contributed by atoms with E-state index in [0.717, 1.165) is 16.7 Å². The van der Waals surface area contributed by atoms with Crippen molar-refractivity contribution in [2.45, 2.75) is 12.1 Å². The molecule has 9 heteroatoms. The van der Waals surface area contributed by atoms with E-state index in [1.807, 2.05) is 102 Å². The molecule has 1 aromatic heterocycles. The van der Waals surface area contributed by atoms with Gasteiger partial charge in [0.1, 0.15) is 17.0 Å². The minimum Gasteiger partial charge on any atom is -0.453 e. The first kappa shape index (κ1) is 30.6. The summed E-state index contributed by atoms with van der Waals surface area (Å²) in [6.45, 7) is -0.161. The highest BCUT2D eigenvalue weighted by Gasteiger charge is 2.38. The highest BCUT2D eigenvalue weighted by molar-refractivity contribution is 6.32. The maximum absolute atomic E-state index is 15.6. The number of aromatic nitrogens is 2. The van der Waals surface area contributed by atoms with Crippen molar-refractivity contribution in [1.82, 2.24) is 14.9 Å². The van der Waals surface area contributed by atoms with Crippen LogP contribution in [-0.2, 0) is 12.1 Å². The maximum atomic E-state index is 15.6. The van der Waals surface area contributed by atoms with Crippen LogP contribution in [0.5, 0.6) is 11.5 Å². The molecule has 1 amide bonds. The molecule has 0 saturated heterocycles. The Kier molecular flexibility index (Phi) is 8.84. The third-order valence-electron chi connectivity index (χ3n) is 7.57. The van der Waals surface area contributed by atoms with E-state index in [4.69, 9.17) is 27.9 Å². The summed E-state index contributed by atoms with van der Waals surface area (Å²) in [6.07, 6.45) is 3.33. The zero-order valence-electron chi connectivity index (χ0n) is 24.2. The second kappa shape index (κ2) is 13.3. The average molecular weight is 648 g/mol. The van der Waals surface area contributed by atoms with Crippen molar-refractivity contribution in [2.75, 3.05) is 0 Å². The van der Waals surface area contributed by atoms with E-state index >= 15 is 4.39 Å². The Morgan fingerprint density at radius 3 is 2.02 bits per heavy atom. The summed E-state index contributed by atoms with van der Waals surface area (Å²) in [7, 11) is 0. The molecule has 6 rings (SSSR count). The van der Waals surface area contributed by atoms with E-state index in [1.54, 1.807) is 12.5 Å². The minimum atomic E-state index is -0.838. The molecule has 0 radical (unpaired) electrons. The van der Waals surface area contributed by atoms with E-state index in [0.29, 0.717) is 0 Å². The molecule has 5 aromatic carbocycles. The summed E-state index contributed by atoms with van der Waals surface area (Å²) in [6, 6.07) is 39.3. The monoisotopic (exact) mass is 646 g/mol. The van der Waals surface area contributed by atoms with E-state index in [1.165, 1.54) is 30.3 Å². The normalized spacial score (nSPS) is 11.1. The van der Waals surface area contributed by atoms with E-state index in [9.17, 15) is 10.1 Å². The van der Waals surface area contributed by atoms with Crippen molar-refractivity contribution < 1.29 is 13.9 Å². The van der Waals surface area contributed by atoms with Gasteiger partial charge in [-0.3, -0.25) is 4.79 Å². The zero-order chi connectivity index (χ0) is 32.1. The Balaban J connectivity index is 1.31. The molecule has 0 fully saturated rings. The fraction of sp³-hybridized carbons (Fsp3) is 0.0541. The van der Waals surface area contributed by atoms with Gasteiger partial charge in [-0.2, -0.15) is 5.26 Å². The Morgan fingerprint density at radius 2 is 1.46 bits per heavy atom. The van der Waals surface area contributed by atoms with Gasteiger partial charge in [0.05, 0.1) is 23.0 Å². The van der Waals surface area contributed by atoms with Crippen LogP contribution in [0.1, 0.15) is 38.3 Å². The molecule has 0 saturated carbocycles. The van der Waals surface area contributed by atoms with Gasteiger partial charge in [0.15, 0.2) is 11.6 Å². The van der Waals surface area contributed by atoms with Gasteiger partial charge >= 0.3 is 0 Å². The number of ether oxygens (including phenoxy) is 1. The lowest BCUT2D eigenvalue weighted by Crippen LogP contribution is -2.37. The van der Waals surface area contributed by atoms with Crippen LogP contribution in [0.25, 0.3) is 0 Å². The largest absolute Gasteiger partial charge is 0.453 e. The molecule has 0 unspecified atom stereocenters. The molecule has 46 heavy (non-hydrogen) atoms. The van der Waals surface area contributed by atoms with Crippen molar-refractivity contribution in [3.05, 3.63) is 183 Å². The second-order valence-corrected chi connectivity index (χ2v) is 11.2. The highest BCUT2D eigenvalue weighted by atomic mass is 35.5. The topological polar surface area (TPSA) is 79.9 Å². The Morgan fingerprint density at radius 1 is 0.870 bits per heavy atom. The molecule has 1 N–H and O–H groups in total. The number of nitrogens with one attached hydrogen (secondary N) is 1. The van der Waals surface area contributed by atoms with Gasteiger partial charge in [-0.15, -0.1) is 0 Å². The van der Waals surface area contributed by atoms with Crippen LogP contribution in [0.2, 0.25) is 10.0 Å². The maximum Gasteiger partial charge on any atom is 0.271 e. The molecule has 1 heterocycles. The average Bonchev–Trinajstić information content (AvgIpc) is 3.58. The van der Waals surface area contributed by atoms with Crippen LogP contribution in [0.15, 0.2) is 134 Å². The molecule has 0 aliphatic rings. The number of rotatable bonds is 9. The van der Waals surface area contributed by atoms with Crippen LogP contribution >= 0.6 is 23.2 Å². The molecular weight excluding hydrogens is 622 g/mol. The lowest BCUT2D eigenvalue weighted by molar-refractivity contribution is 0.0946. The third-order valence-corrected chi connectivity index (χ3v) is 8.08. The number of halogens is 3. The van der Waals surface area contributed by atoms with Crippen molar-refractivity contribution >= 4 is 29.1 Å². The molecule has 0 aliphatic carbocycles. The summed E-state index contributed by atoms with van der Waals surface area (Å²) in [4.78, 5) is 17.9. The van der Waals surface area contributed by atoms with E-state index in [-0.39, 0.29) is 44.9 Å². The lowest BCUT2D eigenvalue weighted by Gasteiger charge is -2.37. The summed E-state index contributed by atoms with van der Waals surface area (Å²) < 4.78 is 23.2. The summed E-state index contributed by atoms with van der Waals surface area (Å²) in [5.74, 6) is -1.35. The number of nitriles is 1. The van der Waals surface area contributed by atoms with Crippen molar-refractivity contribution in [2.24, 2.45) is 0 Å². The van der Waals surface area contributed by atoms with Crippen LogP contribution < -0.4 is 10.1 Å². The van der Waals surface area contributed by atoms with Crippen molar-refractivity contribution in [1.29, 1.82) is 5.26 Å². The predicted molar refractivity (Wildman–Crippen MR) is 176 cm³/mol. The Labute approximate surface area is 275 Å². The van der Waals surface area contributed by atoms with Gasteiger partial charge in [-0.05, 0) is 41.0 Å². The summed E-state index contributed by atoms with van der Waals surface area (Å²) >= 11 is 12.3. The summed E-state index contributed by atoms with van der Waals surface area (Å²) in [5.41, 5.74) is 2.65. The van der Waals surface area contributed by atoms with Gasteiger partial charge in [-0.25, -0.2) is 9.37 Å². The Bertz CT molecular complexity index is 1950. The molecule has 6 aromatic rings. The first-order valence-corrected chi connectivity index (χ1v) is 15.0. The number of hydrogen-bond acceptors (Lipinski definition) is 4. The standard InChI is InChI=1S/C37H25Cl2FN4O2/c38-30-18-25(21-41)19-31(20-30)46-35-32(39)17-16-26(34(35)40)22-42-36(45)33-23-44(24-43-33)37(27-10-4-1-5-11-27,28-12-6-2-7-13-28)29-14-8-3-9-15-29/h1-20,23-24H,22H2,(H,42,45). The molecular formula is C37H25Cl2FN4O2. The minimum absolute atomic E-state index is 0.0175. The second-order valence-electron chi connectivity index (χ2n) is 10.4. The van der Waals surface area contributed by atoms with Gasteiger partial charge < -0.3 is 14.6 Å². The third kappa shape index (κ3) is 5.96. The smallest absolute Gasteiger partial charge is 0.271 e. The van der Waals surface area contributed by atoms with Crippen LogP contribution in [0, 0.1) is 17.1 Å². The van der Waals surface area contributed by atoms with Crippen LogP contribution in [0.3, 0.4) is 0 Å². The lowest BCUT2D eigenvalue weighted by atomic mass is 9.77. The van der Waals surface area contributed by atoms with Crippen molar-refractivity contribution in [3.63, 3.8) is 0 Å². The first-order chi connectivity index (χ1) is 22.4. The van der Waals surface area contributed by atoms with Gasteiger partial charge in [-0.1, -0.05) is 120 Å². The molecule has 6 nitrogen and oxygen atoms in total. The fourth-order valence-corrected chi connectivity index (χ4v) is 5.89. The number of hydrogen-bond donors (Lipinski definition) is 1.